The Hall–Kier alpha value is -2.53. The predicted octanol–water partition coefficient (Wildman–Crippen LogP) is 5.20. The maximum atomic E-state index is 12.6. The van der Waals surface area contributed by atoms with E-state index in [1.165, 1.54) is 0 Å². The van der Waals surface area contributed by atoms with Crippen LogP contribution in [0.2, 0.25) is 0 Å². The van der Waals surface area contributed by atoms with Gasteiger partial charge in [0.05, 0.1) is 17.3 Å². The molecular weight excluding hydrogens is 467 g/mol. The number of methoxy groups -OCH3 is 1. The van der Waals surface area contributed by atoms with Gasteiger partial charge in [-0.15, -0.1) is 0 Å². The summed E-state index contributed by atoms with van der Waals surface area (Å²) in [7, 11) is 1.57. The molecule has 0 aliphatic carbocycles. The third kappa shape index (κ3) is 5.49. The Labute approximate surface area is 179 Å². The number of nitriles is 1. The Bertz CT molecular complexity index is 916. The number of ether oxygens (including phenoxy) is 2. The third-order valence-electron chi connectivity index (χ3n) is 4.02. The highest BCUT2D eigenvalue weighted by Crippen LogP contribution is 2.34. The summed E-state index contributed by atoms with van der Waals surface area (Å²) in [5.74, 6) is 0.797. The number of carbonyl (C=O) groups is 1. The highest BCUT2D eigenvalue weighted by molar-refractivity contribution is 14.1. The van der Waals surface area contributed by atoms with Crippen molar-refractivity contribution in [1.29, 1.82) is 5.26 Å². The summed E-state index contributed by atoms with van der Waals surface area (Å²) >= 11 is 2.16. The smallest absolute Gasteiger partial charge is 0.266 e. The number of rotatable bonds is 8. The van der Waals surface area contributed by atoms with E-state index >= 15 is 0 Å². The largest absolute Gasteiger partial charge is 0.493 e. The molecule has 0 aliphatic rings. The van der Waals surface area contributed by atoms with Crippen LogP contribution in [0.3, 0.4) is 0 Å². The van der Waals surface area contributed by atoms with Crippen molar-refractivity contribution in [2.45, 2.75) is 26.7 Å². The fourth-order valence-electron chi connectivity index (χ4n) is 2.62. The highest BCUT2D eigenvalue weighted by Gasteiger charge is 2.14. The maximum Gasteiger partial charge on any atom is 0.266 e. The van der Waals surface area contributed by atoms with Crippen LogP contribution in [0.1, 0.15) is 31.4 Å². The normalized spacial score (nSPS) is 10.9. The standard InChI is InChI=1S/C22H23IN2O3/c1-4-10-28-21-18(23)12-15(13-20(21)27-3)11-17(14-24)22(26)25-19-9-7-6-8-16(19)5-2/h6-9,11-13H,4-5,10H2,1-3H3,(H,25,26)/b17-11+. The molecule has 0 saturated heterocycles. The molecule has 1 N–H and O–H groups in total. The molecule has 0 atom stereocenters. The average molecular weight is 490 g/mol. The van der Waals surface area contributed by atoms with Crippen molar-refractivity contribution in [1.82, 2.24) is 0 Å². The minimum absolute atomic E-state index is 0.0194. The van der Waals surface area contributed by atoms with Crippen LogP contribution in [-0.4, -0.2) is 19.6 Å². The Morgan fingerprint density at radius 1 is 1.29 bits per heavy atom. The number of para-hydroxylation sites is 1. The zero-order valence-electron chi connectivity index (χ0n) is 16.2. The van der Waals surface area contributed by atoms with Gasteiger partial charge < -0.3 is 14.8 Å². The van der Waals surface area contributed by atoms with Gasteiger partial charge in [-0.2, -0.15) is 5.26 Å². The number of anilines is 1. The molecule has 0 spiro atoms. The van der Waals surface area contributed by atoms with Gasteiger partial charge in [0.1, 0.15) is 11.6 Å². The minimum Gasteiger partial charge on any atom is -0.493 e. The second-order valence-corrected chi connectivity index (χ2v) is 7.18. The number of benzene rings is 2. The van der Waals surface area contributed by atoms with Crippen molar-refractivity contribution in [3.05, 3.63) is 56.7 Å². The Balaban J connectivity index is 2.32. The van der Waals surface area contributed by atoms with Gasteiger partial charge in [-0.3, -0.25) is 4.79 Å². The van der Waals surface area contributed by atoms with Crippen LogP contribution in [0.15, 0.2) is 42.0 Å². The molecule has 0 saturated carbocycles. The molecule has 1 amide bonds. The van der Waals surface area contributed by atoms with Crippen molar-refractivity contribution >= 4 is 40.3 Å². The van der Waals surface area contributed by atoms with E-state index in [0.29, 0.717) is 29.4 Å². The summed E-state index contributed by atoms with van der Waals surface area (Å²) in [6, 6.07) is 13.2. The molecule has 0 heterocycles. The minimum atomic E-state index is -0.441. The van der Waals surface area contributed by atoms with E-state index < -0.39 is 5.91 Å². The van der Waals surface area contributed by atoms with Gasteiger partial charge in [-0.1, -0.05) is 32.0 Å². The van der Waals surface area contributed by atoms with Gasteiger partial charge in [-0.05, 0) is 70.8 Å². The second kappa shape index (κ2) is 10.7. The third-order valence-corrected chi connectivity index (χ3v) is 4.83. The molecule has 146 valence electrons. The summed E-state index contributed by atoms with van der Waals surface area (Å²) in [5, 5.41) is 12.3. The molecule has 5 nitrogen and oxygen atoms in total. The van der Waals surface area contributed by atoms with Gasteiger partial charge in [-0.25, -0.2) is 0 Å². The fraction of sp³-hybridized carbons (Fsp3) is 0.273. The molecule has 0 radical (unpaired) electrons. The van der Waals surface area contributed by atoms with Crippen LogP contribution in [0.4, 0.5) is 5.69 Å². The highest BCUT2D eigenvalue weighted by atomic mass is 127. The van der Waals surface area contributed by atoms with Gasteiger partial charge in [0.2, 0.25) is 0 Å². The van der Waals surface area contributed by atoms with Crippen molar-refractivity contribution in [2.24, 2.45) is 0 Å². The molecule has 0 aromatic heterocycles. The zero-order valence-corrected chi connectivity index (χ0v) is 18.4. The first kappa shape index (κ1) is 21.8. The van der Waals surface area contributed by atoms with Crippen molar-refractivity contribution in [3.8, 4) is 17.6 Å². The SMILES string of the molecule is CCCOc1c(I)cc(/C=C(\C#N)C(=O)Nc2ccccc2CC)cc1OC. The number of hydrogen-bond acceptors (Lipinski definition) is 4. The molecule has 28 heavy (non-hydrogen) atoms. The zero-order chi connectivity index (χ0) is 20.5. The van der Waals surface area contributed by atoms with Gasteiger partial charge in [0.25, 0.3) is 5.91 Å². The van der Waals surface area contributed by atoms with Crippen molar-refractivity contribution < 1.29 is 14.3 Å². The van der Waals surface area contributed by atoms with Gasteiger partial charge in [0.15, 0.2) is 11.5 Å². The quantitative estimate of drug-likeness (QED) is 0.314. The fourth-order valence-corrected chi connectivity index (χ4v) is 3.40. The monoisotopic (exact) mass is 490 g/mol. The van der Waals surface area contributed by atoms with E-state index in [-0.39, 0.29) is 5.57 Å². The molecule has 0 fully saturated rings. The molecule has 2 rings (SSSR count). The number of hydrogen-bond donors (Lipinski definition) is 1. The summed E-state index contributed by atoms with van der Waals surface area (Å²) in [6.45, 7) is 4.64. The molecule has 0 unspecified atom stereocenters. The summed E-state index contributed by atoms with van der Waals surface area (Å²) < 4.78 is 12.0. The molecule has 0 bridgehead atoms. The van der Waals surface area contributed by atoms with Gasteiger partial charge >= 0.3 is 0 Å². The van der Waals surface area contributed by atoms with E-state index in [0.717, 1.165) is 22.0 Å². The van der Waals surface area contributed by atoms with Crippen LogP contribution < -0.4 is 14.8 Å². The average Bonchev–Trinajstić information content (AvgIpc) is 2.71. The maximum absolute atomic E-state index is 12.6. The lowest BCUT2D eigenvalue weighted by Gasteiger charge is -2.13. The first-order valence-electron chi connectivity index (χ1n) is 9.05. The lowest BCUT2D eigenvalue weighted by molar-refractivity contribution is -0.112. The second-order valence-electron chi connectivity index (χ2n) is 6.02. The first-order valence-corrected chi connectivity index (χ1v) is 10.1. The topological polar surface area (TPSA) is 71.3 Å². The molecule has 6 heteroatoms. The number of nitrogens with one attached hydrogen (secondary N) is 1. The summed E-state index contributed by atoms with van der Waals surface area (Å²) in [6.07, 6.45) is 3.23. The van der Waals surface area contributed by atoms with Crippen LogP contribution in [0.25, 0.3) is 6.08 Å². The molecule has 2 aromatic carbocycles. The predicted molar refractivity (Wildman–Crippen MR) is 120 cm³/mol. The Morgan fingerprint density at radius 2 is 2.04 bits per heavy atom. The van der Waals surface area contributed by atoms with E-state index in [1.54, 1.807) is 19.3 Å². The summed E-state index contributed by atoms with van der Waals surface area (Å²) in [4.78, 5) is 12.6. The number of nitrogens with zero attached hydrogens (tertiary/aromatic N) is 1. The lowest BCUT2D eigenvalue weighted by atomic mass is 10.1. The van der Waals surface area contributed by atoms with E-state index in [2.05, 4.69) is 27.9 Å². The van der Waals surface area contributed by atoms with Gasteiger partial charge in [0, 0.05) is 5.69 Å². The van der Waals surface area contributed by atoms with Crippen LogP contribution in [0, 0.1) is 14.9 Å². The van der Waals surface area contributed by atoms with Crippen LogP contribution >= 0.6 is 22.6 Å². The first-order chi connectivity index (χ1) is 13.5. The number of aryl methyl sites for hydroxylation is 1. The summed E-state index contributed by atoms with van der Waals surface area (Å²) in [5.41, 5.74) is 2.44. The molecule has 2 aromatic rings. The van der Waals surface area contributed by atoms with Crippen molar-refractivity contribution in [2.75, 3.05) is 19.0 Å². The van der Waals surface area contributed by atoms with Crippen molar-refractivity contribution in [3.63, 3.8) is 0 Å². The number of halogens is 1. The van der Waals surface area contributed by atoms with Crippen LogP contribution in [0.5, 0.6) is 11.5 Å². The van der Waals surface area contributed by atoms with E-state index in [1.807, 2.05) is 50.2 Å². The Kier molecular flexibility index (Phi) is 8.33. The van der Waals surface area contributed by atoms with Crippen LogP contribution in [-0.2, 0) is 11.2 Å². The lowest BCUT2D eigenvalue weighted by Crippen LogP contribution is -2.14. The Morgan fingerprint density at radius 3 is 2.68 bits per heavy atom. The number of carbonyl (C=O) groups excluding carboxylic acids is 1. The number of amides is 1. The van der Waals surface area contributed by atoms with E-state index in [4.69, 9.17) is 9.47 Å². The van der Waals surface area contributed by atoms with E-state index in [9.17, 15) is 10.1 Å². The molecular formula is C22H23IN2O3. The molecule has 0 aliphatic heterocycles.